The third-order valence-corrected chi connectivity index (χ3v) is 3.80. The third-order valence-electron chi connectivity index (χ3n) is 2.99. The van der Waals surface area contributed by atoms with Gasteiger partial charge in [-0.05, 0) is 31.0 Å². The highest BCUT2D eigenvalue weighted by Crippen LogP contribution is 2.34. The van der Waals surface area contributed by atoms with Crippen molar-refractivity contribution in [3.63, 3.8) is 0 Å². The van der Waals surface area contributed by atoms with Crippen LogP contribution < -0.4 is 4.74 Å². The molecule has 2 rings (SSSR count). The molecule has 0 saturated heterocycles. The molecule has 0 aliphatic heterocycles. The van der Waals surface area contributed by atoms with Crippen LogP contribution in [0.5, 0.6) is 5.75 Å². The molecule has 1 nitrogen and oxygen atoms in total. The van der Waals surface area contributed by atoms with Crippen LogP contribution in [0, 0.1) is 11.6 Å². The van der Waals surface area contributed by atoms with Gasteiger partial charge in [0.2, 0.25) is 0 Å². The van der Waals surface area contributed by atoms with E-state index in [1.54, 1.807) is 6.07 Å². The normalized spacial score (nSPS) is 12.2. The molecule has 2 aromatic rings. The van der Waals surface area contributed by atoms with Crippen molar-refractivity contribution in [2.24, 2.45) is 0 Å². The van der Waals surface area contributed by atoms with Crippen molar-refractivity contribution in [3.05, 3.63) is 65.2 Å². The molecule has 0 aromatic heterocycles. The van der Waals surface area contributed by atoms with Crippen LogP contribution in [0.25, 0.3) is 0 Å². The topological polar surface area (TPSA) is 9.23 Å². The first-order chi connectivity index (χ1) is 9.63. The molecule has 0 aliphatic rings. The van der Waals surface area contributed by atoms with Crippen LogP contribution in [-0.4, -0.2) is 6.61 Å². The monoisotopic (exact) mass is 340 g/mol. The van der Waals surface area contributed by atoms with Crippen molar-refractivity contribution in [2.45, 2.75) is 18.2 Å². The van der Waals surface area contributed by atoms with Gasteiger partial charge in [-0.1, -0.05) is 46.3 Å². The number of ether oxygens (including phenoxy) is 1. The van der Waals surface area contributed by atoms with E-state index in [1.807, 2.05) is 31.2 Å². The zero-order valence-electron chi connectivity index (χ0n) is 11.1. The van der Waals surface area contributed by atoms with E-state index in [0.717, 1.165) is 17.4 Å². The average molecular weight is 341 g/mol. The highest BCUT2D eigenvalue weighted by Gasteiger charge is 2.16. The summed E-state index contributed by atoms with van der Waals surface area (Å²) >= 11 is 3.53. The van der Waals surface area contributed by atoms with Crippen molar-refractivity contribution in [3.8, 4) is 5.75 Å². The Balaban J connectivity index is 2.24. The fourth-order valence-corrected chi connectivity index (χ4v) is 2.76. The van der Waals surface area contributed by atoms with Gasteiger partial charge in [0.15, 0.2) is 11.6 Å². The van der Waals surface area contributed by atoms with Crippen LogP contribution in [0.2, 0.25) is 0 Å². The summed E-state index contributed by atoms with van der Waals surface area (Å²) in [5, 5.41) is 0. The molecule has 0 radical (unpaired) electrons. The predicted molar refractivity (Wildman–Crippen MR) is 79.3 cm³/mol. The third kappa shape index (κ3) is 3.37. The number of rotatable bonds is 5. The van der Waals surface area contributed by atoms with E-state index < -0.39 is 11.6 Å². The van der Waals surface area contributed by atoms with E-state index in [4.69, 9.17) is 4.74 Å². The Hall–Kier alpha value is -1.42. The molecule has 4 heteroatoms. The van der Waals surface area contributed by atoms with Crippen LogP contribution in [0.15, 0.2) is 42.5 Å². The van der Waals surface area contributed by atoms with E-state index in [1.165, 1.54) is 6.07 Å². The molecule has 0 N–H and O–H groups in total. The summed E-state index contributed by atoms with van der Waals surface area (Å²) in [5.74, 6) is -0.847. The second-order valence-electron chi connectivity index (χ2n) is 4.36. The maximum atomic E-state index is 13.7. The quantitative estimate of drug-likeness (QED) is 0.692. The molecular formula is C16H15BrF2O. The molecular weight excluding hydrogens is 326 g/mol. The first kappa shape index (κ1) is 15.0. The Morgan fingerprint density at radius 2 is 1.85 bits per heavy atom. The van der Waals surface area contributed by atoms with Crippen LogP contribution in [0.3, 0.4) is 0 Å². The van der Waals surface area contributed by atoms with E-state index in [0.29, 0.717) is 18.6 Å². The van der Waals surface area contributed by atoms with E-state index in [-0.39, 0.29) is 4.83 Å². The minimum Gasteiger partial charge on any atom is -0.494 e. The van der Waals surface area contributed by atoms with Crippen LogP contribution >= 0.6 is 15.9 Å². The van der Waals surface area contributed by atoms with Crippen molar-refractivity contribution in [1.29, 1.82) is 0 Å². The first-order valence-electron chi connectivity index (χ1n) is 6.42. The summed E-state index contributed by atoms with van der Waals surface area (Å²) in [4.78, 5) is -0.137. The SMILES string of the molecule is CCOc1ccccc1C(Br)Cc1cccc(F)c1F. The predicted octanol–water partition coefficient (Wildman–Crippen LogP) is 5.04. The smallest absolute Gasteiger partial charge is 0.162 e. The fourth-order valence-electron chi connectivity index (χ4n) is 2.04. The molecule has 106 valence electrons. The first-order valence-corrected chi connectivity index (χ1v) is 7.33. The van der Waals surface area contributed by atoms with Gasteiger partial charge in [-0.2, -0.15) is 0 Å². The summed E-state index contributed by atoms with van der Waals surface area (Å²) in [6.45, 7) is 2.47. The van der Waals surface area contributed by atoms with Gasteiger partial charge in [-0.25, -0.2) is 8.78 Å². The summed E-state index contributed by atoms with van der Waals surface area (Å²) in [6.07, 6.45) is 0.355. The van der Waals surface area contributed by atoms with Crippen LogP contribution in [0.4, 0.5) is 8.78 Å². The van der Waals surface area contributed by atoms with Gasteiger partial charge in [-0.15, -0.1) is 0 Å². The van der Waals surface area contributed by atoms with Gasteiger partial charge in [-0.3, -0.25) is 0 Å². The number of hydrogen-bond donors (Lipinski definition) is 0. The summed E-state index contributed by atoms with van der Waals surface area (Å²) < 4.78 is 32.5. The van der Waals surface area contributed by atoms with Crippen molar-refractivity contribution < 1.29 is 13.5 Å². The number of halogens is 3. The summed E-state index contributed by atoms with van der Waals surface area (Å²) in [7, 11) is 0. The molecule has 0 saturated carbocycles. The Morgan fingerprint density at radius 1 is 1.10 bits per heavy atom. The Morgan fingerprint density at radius 3 is 2.60 bits per heavy atom. The zero-order valence-corrected chi connectivity index (χ0v) is 12.7. The highest BCUT2D eigenvalue weighted by atomic mass is 79.9. The highest BCUT2D eigenvalue weighted by molar-refractivity contribution is 9.09. The molecule has 1 unspecified atom stereocenters. The maximum Gasteiger partial charge on any atom is 0.162 e. The number of hydrogen-bond acceptors (Lipinski definition) is 1. The Labute approximate surface area is 125 Å². The Kier molecular flexibility index (Phi) is 5.12. The molecule has 2 aromatic carbocycles. The maximum absolute atomic E-state index is 13.7. The van der Waals surface area contributed by atoms with Gasteiger partial charge in [0, 0.05) is 10.4 Å². The standard InChI is InChI=1S/C16H15BrF2O/c1-2-20-15-9-4-3-7-12(15)13(17)10-11-6-5-8-14(18)16(11)19/h3-9,13H,2,10H2,1H3. The van der Waals surface area contributed by atoms with Gasteiger partial charge >= 0.3 is 0 Å². The second kappa shape index (κ2) is 6.84. The number of alkyl halides is 1. The lowest BCUT2D eigenvalue weighted by molar-refractivity contribution is 0.336. The Bertz CT molecular complexity index is 586. The minimum absolute atomic E-state index is 0.137. The lowest BCUT2D eigenvalue weighted by Gasteiger charge is -2.15. The van der Waals surface area contributed by atoms with E-state index in [2.05, 4.69) is 15.9 Å². The van der Waals surface area contributed by atoms with Crippen LogP contribution in [0.1, 0.15) is 22.9 Å². The lowest BCUT2D eigenvalue weighted by atomic mass is 10.0. The van der Waals surface area contributed by atoms with Gasteiger partial charge in [0.05, 0.1) is 6.61 Å². The molecule has 20 heavy (non-hydrogen) atoms. The molecule has 0 amide bonds. The summed E-state index contributed by atoms with van der Waals surface area (Å²) in [5.41, 5.74) is 1.27. The van der Waals surface area contributed by atoms with Crippen LogP contribution in [-0.2, 0) is 6.42 Å². The molecule has 0 spiro atoms. The van der Waals surface area contributed by atoms with Gasteiger partial charge in [0.25, 0.3) is 0 Å². The molecule has 1 atom stereocenters. The minimum atomic E-state index is -0.819. The largest absolute Gasteiger partial charge is 0.494 e. The van der Waals surface area contributed by atoms with Crippen molar-refractivity contribution in [2.75, 3.05) is 6.61 Å². The van der Waals surface area contributed by atoms with Crippen molar-refractivity contribution >= 4 is 15.9 Å². The van der Waals surface area contributed by atoms with E-state index >= 15 is 0 Å². The zero-order chi connectivity index (χ0) is 14.5. The van der Waals surface area contributed by atoms with Gasteiger partial charge < -0.3 is 4.74 Å². The lowest BCUT2D eigenvalue weighted by Crippen LogP contribution is -2.03. The molecule has 0 fully saturated rings. The second-order valence-corrected chi connectivity index (χ2v) is 5.46. The molecule has 0 aliphatic carbocycles. The molecule has 0 bridgehead atoms. The summed E-state index contributed by atoms with van der Waals surface area (Å²) in [6, 6.07) is 11.8. The van der Waals surface area contributed by atoms with E-state index in [9.17, 15) is 8.78 Å². The average Bonchev–Trinajstić information content (AvgIpc) is 2.45. The van der Waals surface area contributed by atoms with Gasteiger partial charge in [0.1, 0.15) is 5.75 Å². The number of benzene rings is 2. The molecule has 0 heterocycles. The fraction of sp³-hybridized carbons (Fsp3) is 0.250. The van der Waals surface area contributed by atoms with Crippen molar-refractivity contribution in [1.82, 2.24) is 0 Å². The number of para-hydroxylation sites is 1.